The molecule has 1 aromatic carbocycles. The highest BCUT2D eigenvalue weighted by atomic mass is 16.6. The van der Waals surface area contributed by atoms with Gasteiger partial charge in [0.05, 0.1) is 11.0 Å². The largest absolute Gasteiger partial charge is 0.423 e. The van der Waals surface area contributed by atoms with Gasteiger partial charge in [0.25, 0.3) is 11.7 Å². The lowest BCUT2D eigenvalue weighted by atomic mass is 10.2. The van der Waals surface area contributed by atoms with Gasteiger partial charge in [0, 0.05) is 19.2 Å². The molecule has 0 radical (unpaired) electrons. The Labute approximate surface area is 109 Å². The van der Waals surface area contributed by atoms with Crippen molar-refractivity contribution in [1.29, 1.82) is 0 Å². The Kier molecular flexibility index (Phi) is 4.30. The van der Waals surface area contributed by atoms with Gasteiger partial charge in [0.1, 0.15) is 5.52 Å². The van der Waals surface area contributed by atoms with E-state index in [0.717, 1.165) is 19.3 Å². The average Bonchev–Trinajstić information content (AvgIpc) is 2.80. The van der Waals surface area contributed by atoms with Crippen LogP contribution in [0.25, 0.3) is 11.1 Å². The first kappa shape index (κ1) is 13.3. The van der Waals surface area contributed by atoms with E-state index in [1.165, 1.54) is 12.1 Å². The van der Waals surface area contributed by atoms with Gasteiger partial charge in [-0.25, -0.2) is 0 Å². The lowest BCUT2D eigenvalue weighted by molar-refractivity contribution is -0.384. The lowest BCUT2D eigenvalue weighted by Gasteiger charge is -1.99. The number of hydrogen-bond acceptors (Lipinski definition) is 6. The van der Waals surface area contributed by atoms with E-state index in [9.17, 15) is 10.1 Å². The second-order valence-electron chi connectivity index (χ2n) is 4.14. The number of hydrogen-bond donors (Lipinski definition) is 2. The van der Waals surface area contributed by atoms with Crippen molar-refractivity contribution in [3.05, 3.63) is 28.3 Å². The molecule has 0 bridgehead atoms. The molecule has 2 rings (SSSR count). The number of rotatable bonds is 7. The van der Waals surface area contributed by atoms with Crippen molar-refractivity contribution in [2.45, 2.75) is 19.3 Å². The number of nitrogens with zero attached hydrogens (tertiary/aromatic N) is 2. The molecule has 0 saturated heterocycles. The number of aromatic nitrogens is 1. The van der Waals surface area contributed by atoms with Crippen LogP contribution >= 0.6 is 0 Å². The van der Waals surface area contributed by atoms with E-state index in [0.29, 0.717) is 23.7 Å². The second-order valence-corrected chi connectivity index (χ2v) is 4.14. The van der Waals surface area contributed by atoms with Crippen molar-refractivity contribution < 1.29 is 14.4 Å². The normalized spacial score (nSPS) is 10.8. The van der Waals surface area contributed by atoms with Crippen LogP contribution in [0.4, 0.5) is 11.7 Å². The summed E-state index contributed by atoms with van der Waals surface area (Å²) in [6.07, 6.45) is 2.61. The number of anilines is 1. The number of non-ortho nitro benzene ring substituents is 1. The summed E-state index contributed by atoms with van der Waals surface area (Å²) < 4.78 is 5.39. The molecule has 0 aliphatic rings. The molecule has 0 aliphatic carbocycles. The fourth-order valence-corrected chi connectivity index (χ4v) is 1.71. The molecule has 102 valence electrons. The molecule has 1 aromatic heterocycles. The summed E-state index contributed by atoms with van der Waals surface area (Å²) in [7, 11) is 0. The molecule has 0 atom stereocenters. The fourth-order valence-electron chi connectivity index (χ4n) is 1.71. The highest BCUT2D eigenvalue weighted by Crippen LogP contribution is 2.23. The first-order chi connectivity index (χ1) is 9.20. The van der Waals surface area contributed by atoms with Gasteiger partial charge in [-0.15, -0.1) is 0 Å². The Balaban J connectivity index is 1.99. The van der Waals surface area contributed by atoms with E-state index >= 15 is 0 Å². The summed E-state index contributed by atoms with van der Waals surface area (Å²) in [6, 6.07) is 4.68. The van der Waals surface area contributed by atoms with Crippen molar-refractivity contribution >= 4 is 22.8 Å². The number of fused-ring (bicyclic) bond motifs is 1. The topological polar surface area (TPSA) is 101 Å². The number of aliphatic hydroxyl groups excluding tert-OH is 1. The minimum absolute atomic E-state index is 0.0156. The van der Waals surface area contributed by atoms with E-state index in [2.05, 4.69) is 10.3 Å². The summed E-state index contributed by atoms with van der Waals surface area (Å²) in [6.45, 7) is 0.890. The Hall–Kier alpha value is -2.15. The van der Waals surface area contributed by atoms with Gasteiger partial charge in [0.2, 0.25) is 0 Å². The second kappa shape index (κ2) is 6.14. The predicted molar refractivity (Wildman–Crippen MR) is 70.1 cm³/mol. The van der Waals surface area contributed by atoms with Crippen molar-refractivity contribution in [3.8, 4) is 0 Å². The third kappa shape index (κ3) is 3.41. The van der Waals surface area contributed by atoms with Crippen molar-refractivity contribution in [3.63, 3.8) is 0 Å². The maximum atomic E-state index is 10.6. The molecule has 0 amide bonds. The standard InChI is InChI=1S/C12H15N3O4/c16-7-3-1-2-6-13-12-14-10-5-4-9(15(17)18)8-11(10)19-12/h4-5,8,16H,1-3,6-7H2,(H,13,14). The van der Waals surface area contributed by atoms with E-state index in [-0.39, 0.29) is 12.3 Å². The number of unbranched alkanes of at least 4 members (excludes halogenated alkanes) is 2. The Morgan fingerprint density at radius 2 is 2.21 bits per heavy atom. The molecular formula is C12H15N3O4. The van der Waals surface area contributed by atoms with Crippen LogP contribution in [0, 0.1) is 10.1 Å². The zero-order valence-electron chi connectivity index (χ0n) is 10.3. The van der Waals surface area contributed by atoms with Gasteiger partial charge >= 0.3 is 0 Å². The average molecular weight is 265 g/mol. The number of aliphatic hydroxyl groups is 1. The highest BCUT2D eigenvalue weighted by molar-refractivity contribution is 5.77. The van der Waals surface area contributed by atoms with E-state index in [1.807, 2.05) is 0 Å². The van der Waals surface area contributed by atoms with Crippen LogP contribution < -0.4 is 5.32 Å². The predicted octanol–water partition coefficient (Wildman–Crippen LogP) is 2.31. The molecule has 0 saturated carbocycles. The first-order valence-corrected chi connectivity index (χ1v) is 6.10. The summed E-state index contributed by atoms with van der Waals surface area (Å²) in [5.74, 6) is 0. The van der Waals surface area contributed by atoms with E-state index in [1.54, 1.807) is 6.07 Å². The SMILES string of the molecule is O=[N+]([O-])c1ccc2nc(NCCCCCO)oc2c1. The Morgan fingerprint density at radius 3 is 2.95 bits per heavy atom. The summed E-state index contributed by atoms with van der Waals surface area (Å²) in [4.78, 5) is 14.3. The zero-order chi connectivity index (χ0) is 13.7. The van der Waals surface area contributed by atoms with E-state index < -0.39 is 4.92 Å². The summed E-state index contributed by atoms with van der Waals surface area (Å²) in [5.41, 5.74) is 0.966. The van der Waals surface area contributed by atoms with Crippen molar-refractivity contribution in [2.24, 2.45) is 0 Å². The third-order valence-corrected chi connectivity index (χ3v) is 2.69. The number of nitrogens with one attached hydrogen (secondary N) is 1. The van der Waals surface area contributed by atoms with Gasteiger partial charge in [-0.2, -0.15) is 4.98 Å². The van der Waals surface area contributed by atoms with Crippen LogP contribution in [-0.2, 0) is 0 Å². The maximum absolute atomic E-state index is 10.6. The minimum atomic E-state index is -0.468. The van der Waals surface area contributed by atoms with Crippen LogP contribution in [0.15, 0.2) is 22.6 Å². The molecule has 7 nitrogen and oxygen atoms in total. The van der Waals surface area contributed by atoms with Crippen LogP contribution in [0.5, 0.6) is 0 Å². The lowest BCUT2D eigenvalue weighted by Crippen LogP contribution is -2.01. The monoisotopic (exact) mass is 265 g/mol. The first-order valence-electron chi connectivity index (χ1n) is 6.10. The van der Waals surface area contributed by atoms with Crippen LogP contribution in [0.3, 0.4) is 0 Å². The molecule has 0 aliphatic heterocycles. The molecule has 0 fully saturated rings. The summed E-state index contributed by atoms with van der Waals surface area (Å²) >= 11 is 0. The molecular weight excluding hydrogens is 250 g/mol. The molecule has 7 heteroatoms. The minimum Gasteiger partial charge on any atom is -0.423 e. The third-order valence-electron chi connectivity index (χ3n) is 2.69. The number of oxazole rings is 1. The van der Waals surface area contributed by atoms with Crippen LogP contribution in [0.1, 0.15) is 19.3 Å². The molecule has 2 aromatic rings. The van der Waals surface area contributed by atoms with E-state index in [4.69, 9.17) is 9.52 Å². The molecule has 19 heavy (non-hydrogen) atoms. The quantitative estimate of drug-likeness (QED) is 0.452. The number of nitro groups is 1. The van der Waals surface area contributed by atoms with Crippen LogP contribution in [-0.4, -0.2) is 28.2 Å². The van der Waals surface area contributed by atoms with Gasteiger partial charge in [-0.05, 0) is 25.3 Å². The fraction of sp³-hybridized carbons (Fsp3) is 0.417. The number of benzene rings is 1. The molecule has 1 heterocycles. The Morgan fingerprint density at radius 1 is 1.37 bits per heavy atom. The highest BCUT2D eigenvalue weighted by Gasteiger charge is 2.11. The van der Waals surface area contributed by atoms with Gasteiger partial charge < -0.3 is 14.8 Å². The molecule has 0 spiro atoms. The van der Waals surface area contributed by atoms with Crippen molar-refractivity contribution in [1.82, 2.24) is 4.98 Å². The molecule has 2 N–H and O–H groups in total. The Bertz CT molecular complexity index is 567. The summed E-state index contributed by atoms with van der Waals surface area (Å²) in [5, 5.41) is 22.3. The van der Waals surface area contributed by atoms with Crippen LogP contribution in [0.2, 0.25) is 0 Å². The maximum Gasteiger partial charge on any atom is 0.295 e. The van der Waals surface area contributed by atoms with Gasteiger partial charge in [0.15, 0.2) is 5.58 Å². The van der Waals surface area contributed by atoms with Gasteiger partial charge in [-0.1, -0.05) is 0 Å². The smallest absolute Gasteiger partial charge is 0.295 e. The van der Waals surface area contributed by atoms with Gasteiger partial charge in [-0.3, -0.25) is 10.1 Å². The zero-order valence-corrected chi connectivity index (χ0v) is 10.3. The number of nitro benzene ring substituents is 1. The van der Waals surface area contributed by atoms with Crippen molar-refractivity contribution in [2.75, 3.05) is 18.5 Å². The molecule has 0 unspecified atom stereocenters.